The number of nitrogens with zero attached hydrogens (tertiary/aromatic N) is 2. The van der Waals surface area contributed by atoms with Crippen LogP contribution in [-0.2, 0) is 10.8 Å². The van der Waals surface area contributed by atoms with Gasteiger partial charge in [0.25, 0.3) is 0 Å². The second-order valence-corrected chi connectivity index (χ2v) is 21.6. The van der Waals surface area contributed by atoms with Gasteiger partial charge in [0.15, 0.2) is 0 Å². The molecule has 0 radical (unpaired) electrons. The van der Waals surface area contributed by atoms with E-state index in [0.29, 0.717) is 0 Å². The SMILES string of the molecule is CC1(C)c2ccccc2-c2ccc(N(c3ccc4c(c3)C3(c5ccccc5-4)c4ccccc4-c4ccc(N(c5ccccc5)c5ccc(-c6ccccc6)cc5-c5ccccc5)cc43)c3ccccc3-c3ccccc3)cc21. The van der Waals surface area contributed by atoms with E-state index in [0.717, 1.165) is 45.3 Å². The summed E-state index contributed by atoms with van der Waals surface area (Å²) in [5, 5.41) is 0. The molecule has 0 aromatic heterocycles. The average Bonchev–Trinajstić information content (AvgIpc) is 4.01. The Bertz CT molecular complexity index is 4280. The molecule has 1 atom stereocenters. The molecule has 3 aliphatic rings. The standard InChI is InChI=1S/C76H54N2/c1-75(2)67-35-19-15-32-60(67)63-43-40-56(48-70(63)75)78(73-38-22-18-31-59(73)52-25-9-4-10-26-52)58-42-45-65-62-34-17-21-37-69(62)76(72(65)50-58)68-36-20-16-33-61(68)64-44-41-57(49-71(64)76)77(55-29-13-6-14-30-55)74-46-39-54(51-23-7-3-8-24-51)47-66(74)53-27-11-5-12-28-53/h3-50H,1-2H3. The Morgan fingerprint density at radius 1 is 0.218 bits per heavy atom. The second-order valence-electron chi connectivity index (χ2n) is 21.6. The molecule has 15 rings (SSSR count). The van der Waals surface area contributed by atoms with Gasteiger partial charge in [-0.2, -0.15) is 0 Å². The number of anilines is 6. The van der Waals surface area contributed by atoms with Crippen LogP contribution in [0.2, 0.25) is 0 Å². The zero-order valence-corrected chi connectivity index (χ0v) is 43.6. The number of hydrogen-bond donors (Lipinski definition) is 0. The highest BCUT2D eigenvalue weighted by atomic mass is 15.2. The predicted octanol–water partition coefficient (Wildman–Crippen LogP) is 20.3. The molecular weight excluding hydrogens is 941 g/mol. The Labute approximate surface area is 457 Å². The minimum absolute atomic E-state index is 0.176. The van der Waals surface area contributed by atoms with Crippen molar-refractivity contribution in [2.24, 2.45) is 0 Å². The lowest BCUT2D eigenvalue weighted by Crippen LogP contribution is -2.26. The summed E-state index contributed by atoms with van der Waals surface area (Å²) in [6.07, 6.45) is 0. The summed E-state index contributed by atoms with van der Waals surface area (Å²) < 4.78 is 0. The van der Waals surface area contributed by atoms with E-state index in [-0.39, 0.29) is 5.41 Å². The van der Waals surface area contributed by atoms with Crippen molar-refractivity contribution in [3.8, 4) is 66.8 Å². The third kappa shape index (κ3) is 6.89. The monoisotopic (exact) mass is 994 g/mol. The van der Waals surface area contributed by atoms with Crippen molar-refractivity contribution in [2.75, 3.05) is 9.80 Å². The zero-order valence-electron chi connectivity index (χ0n) is 43.6. The number of fused-ring (bicyclic) bond motifs is 13. The van der Waals surface area contributed by atoms with Gasteiger partial charge in [0.1, 0.15) is 0 Å². The molecule has 0 N–H and O–H groups in total. The summed E-state index contributed by atoms with van der Waals surface area (Å²) in [6.45, 7) is 4.76. The Morgan fingerprint density at radius 2 is 0.590 bits per heavy atom. The van der Waals surface area contributed by atoms with E-state index in [4.69, 9.17) is 0 Å². The van der Waals surface area contributed by atoms with Crippen LogP contribution in [0.3, 0.4) is 0 Å². The smallest absolute Gasteiger partial charge is 0.0727 e. The molecule has 12 aromatic rings. The summed E-state index contributed by atoms with van der Waals surface area (Å²) in [5.41, 5.74) is 28.4. The molecule has 0 saturated carbocycles. The van der Waals surface area contributed by atoms with E-state index < -0.39 is 5.41 Å². The molecule has 2 heteroatoms. The van der Waals surface area contributed by atoms with Gasteiger partial charge in [0.05, 0.1) is 16.8 Å². The Hall–Kier alpha value is -9.76. The van der Waals surface area contributed by atoms with E-state index in [2.05, 4.69) is 315 Å². The molecule has 3 aliphatic carbocycles. The van der Waals surface area contributed by atoms with Crippen LogP contribution in [0.1, 0.15) is 47.2 Å². The molecule has 0 fully saturated rings. The number of benzene rings is 12. The summed E-state index contributed by atoms with van der Waals surface area (Å²) in [4.78, 5) is 5.00. The van der Waals surface area contributed by atoms with E-state index in [1.807, 2.05) is 0 Å². The lowest BCUT2D eigenvalue weighted by molar-refractivity contribution is 0.660. The summed E-state index contributed by atoms with van der Waals surface area (Å²) >= 11 is 0. The van der Waals surface area contributed by atoms with Gasteiger partial charge in [-0.25, -0.2) is 0 Å². The van der Waals surface area contributed by atoms with Crippen molar-refractivity contribution in [3.05, 3.63) is 325 Å². The number of rotatable bonds is 9. The lowest BCUT2D eigenvalue weighted by atomic mass is 9.70. The summed E-state index contributed by atoms with van der Waals surface area (Å²) in [6, 6.07) is 108. The lowest BCUT2D eigenvalue weighted by Gasteiger charge is -2.34. The quantitative estimate of drug-likeness (QED) is 0.142. The van der Waals surface area contributed by atoms with Crippen molar-refractivity contribution in [3.63, 3.8) is 0 Å². The summed E-state index contributed by atoms with van der Waals surface area (Å²) in [7, 11) is 0. The second kappa shape index (κ2) is 17.9. The van der Waals surface area contributed by atoms with Gasteiger partial charge in [0.2, 0.25) is 0 Å². The molecule has 12 aromatic carbocycles. The van der Waals surface area contributed by atoms with Gasteiger partial charge in [-0.15, -0.1) is 0 Å². The molecule has 368 valence electrons. The van der Waals surface area contributed by atoms with Crippen molar-refractivity contribution < 1.29 is 0 Å². The minimum Gasteiger partial charge on any atom is -0.310 e. The molecular formula is C76H54N2. The third-order valence-electron chi connectivity index (χ3n) is 17.1. The zero-order chi connectivity index (χ0) is 52.0. The van der Waals surface area contributed by atoms with Crippen molar-refractivity contribution in [1.29, 1.82) is 0 Å². The van der Waals surface area contributed by atoms with E-state index in [1.54, 1.807) is 0 Å². The van der Waals surface area contributed by atoms with Gasteiger partial charge in [0, 0.05) is 39.3 Å². The van der Waals surface area contributed by atoms with Crippen molar-refractivity contribution >= 4 is 34.1 Å². The molecule has 0 heterocycles. The van der Waals surface area contributed by atoms with Crippen LogP contribution >= 0.6 is 0 Å². The molecule has 0 aliphatic heterocycles. The largest absolute Gasteiger partial charge is 0.310 e. The fourth-order valence-corrected chi connectivity index (χ4v) is 13.6. The number of para-hydroxylation sites is 2. The topological polar surface area (TPSA) is 6.48 Å². The predicted molar refractivity (Wildman–Crippen MR) is 326 cm³/mol. The maximum absolute atomic E-state index is 2.54. The molecule has 0 amide bonds. The van der Waals surface area contributed by atoms with Crippen LogP contribution in [0.15, 0.2) is 291 Å². The van der Waals surface area contributed by atoms with Gasteiger partial charge in [-0.05, 0) is 156 Å². The third-order valence-corrected chi connectivity index (χ3v) is 17.1. The van der Waals surface area contributed by atoms with Crippen LogP contribution < -0.4 is 9.80 Å². The van der Waals surface area contributed by atoms with Crippen LogP contribution in [0.5, 0.6) is 0 Å². The van der Waals surface area contributed by atoms with E-state index in [1.165, 1.54) is 89.0 Å². The Kier molecular flexibility index (Phi) is 10.5. The first-order valence-corrected chi connectivity index (χ1v) is 27.2. The van der Waals surface area contributed by atoms with Crippen molar-refractivity contribution in [1.82, 2.24) is 0 Å². The Balaban J connectivity index is 0.973. The molecule has 1 spiro atoms. The first-order chi connectivity index (χ1) is 38.5. The first kappa shape index (κ1) is 45.6. The van der Waals surface area contributed by atoms with Crippen LogP contribution in [0.4, 0.5) is 34.1 Å². The average molecular weight is 995 g/mol. The summed E-state index contributed by atoms with van der Waals surface area (Å²) in [5.74, 6) is 0. The van der Waals surface area contributed by atoms with Gasteiger partial charge in [-0.3, -0.25) is 0 Å². The Morgan fingerprint density at radius 3 is 1.14 bits per heavy atom. The molecule has 2 nitrogen and oxygen atoms in total. The van der Waals surface area contributed by atoms with Gasteiger partial charge < -0.3 is 9.80 Å². The molecule has 0 saturated heterocycles. The normalized spacial score (nSPS) is 14.7. The first-order valence-electron chi connectivity index (χ1n) is 27.2. The maximum Gasteiger partial charge on any atom is 0.0727 e. The van der Waals surface area contributed by atoms with Crippen LogP contribution in [0.25, 0.3) is 66.8 Å². The van der Waals surface area contributed by atoms with Gasteiger partial charge in [-0.1, -0.05) is 238 Å². The molecule has 1 unspecified atom stereocenters. The van der Waals surface area contributed by atoms with Gasteiger partial charge >= 0.3 is 0 Å². The van der Waals surface area contributed by atoms with E-state index in [9.17, 15) is 0 Å². The molecule has 78 heavy (non-hydrogen) atoms. The van der Waals surface area contributed by atoms with Crippen molar-refractivity contribution in [2.45, 2.75) is 24.7 Å². The number of hydrogen-bond acceptors (Lipinski definition) is 2. The fraction of sp³-hybridized carbons (Fsp3) is 0.0526. The maximum atomic E-state index is 2.54. The van der Waals surface area contributed by atoms with Crippen LogP contribution in [-0.4, -0.2) is 0 Å². The highest BCUT2D eigenvalue weighted by Gasteiger charge is 2.52. The van der Waals surface area contributed by atoms with Crippen LogP contribution in [0, 0.1) is 0 Å². The fourth-order valence-electron chi connectivity index (χ4n) is 13.6. The molecule has 0 bridgehead atoms. The minimum atomic E-state index is -0.641. The highest BCUT2D eigenvalue weighted by molar-refractivity contribution is 6.00. The highest BCUT2D eigenvalue weighted by Crippen LogP contribution is 2.64. The van der Waals surface area contributed by atoms with E-state index >= 15 is 0 Å².